The minimum Gasteiger partial charge on any atom is -0.324 e. The summed E-state index contributed by atoms with van der Waals surface area (Å²) in [5.74, 6) is -0.476. The Hall–Kier alpha value is -3.62. The second-order valence-electron chi connectivity index (χ2n) is 5.13. The maximum atomic E-state index is 12.8. The van der Waals surface area contributed by atoms with Gasteiger partial charge in [-0.1, -0.05) is 12.1 Å². The van der Waals surface area contributed by atoms with Crippen LogP contribution in [0, 0.1) is 15.9 Å². The third kappa shape index (κ3) is 4.02. The Morgan fingerprint density at radius 2 is 2.00 bits per heavy atom. The van der Waals surface area contributed by atoms with Crippen molar-refractivity contribution in [2.75, 3.05) is 5.32 Å². The number of carbonyl (C=O) groups excluding carboxylic acids is 1. The number of hydrogen-bond donors (Lipinski definition) is 1. The van der Waals surface area contributed by atoms with Crippen molar-refractivity contribution in [1.82, 2.24) is 14.8 Å². The average molecular weight is 341 g/mol. The van der Waals surface area contributed by atoms with Crippen LogP contribution in [0.5, 0.6) is 0 Å². The van der Waals surface area contributed by atoms with E-state index in [4.69, 9.17) is 0 Å². The number of benzene rings is 2. The molecule has 3 aromatic rings. The largest absolute Gasteiger partial charge is 0.324 e. The van der Waals surface area contributed by atoms with Gasteiger partial charge in [0.25, 0.3) is 5.69 Å². The van der Waals surface area contributed by atoms with Crippen LogP contribution in [0.4, 0.5) is 15.8 Å². The van der Waals surface area contributed by atoms with Gasteiger partial charge in [0.15, 0.2) is 5.82 Å². The molecule has 0 aliphatic rings. The zero-order valence-corrected chi connectivity index (χ0v) is 12.8. The average Bonchev–Trinajstić information content (AvgIpc) is 3.05. The number of amides is 1. The molecule has 1 N–H and O–H groups in total. The highest BCUT2D eigenvalue weighted by Crippen LogP contribution is 2.20. The molecule has 0 bridgehead atoms. The van der Waals surface area contributed by atoms with Gasteiger partial charge in [0.05, 0.1) is 4.92 Å². The van der Waals surface area contributed by atoms with E-state index in [-0.39, 0.29) is 24.0 Å². The van der Waals surface area contributed by atoms with Crippen molar-refractivity contribution in [3.05, 3.63) is 70.8 Å². The molecule has 0 fully saturated rings. The molecule has 9 heteroatoms. The van der Waals surface area contributed by atoms with Gasteiger partial charge in [-0.2, -0.15) is 5.10 Å². The zero-order chi connectivity index (χ0) is 17.8. The maximum Gasteiger partial charge on any atom is 0.270 e. The van der Waals surface area contributed by atoms with Crippen molar-refractivity contribution in [2.24, 2.45) is 0 Å². The Labute approximate surface area is 141 Å². The highest BCUT2D eigenvalue weighted by molar-refractivity contribution is 5.90. The molecular formula is C16H12FN5O3. The first-order valence-electron chi connectivity index (χ1n) is 7.21. The van der Waals surface area contributed by atoms with Gasteiger partial charge in [0.2, 0.25) is 5.91 Å². The quantitative estimate of drug-likeness (QED) is 0.567. The monoisotopic (exact) mass is 341 g/mol. The van der Waals surface area contributed by atoms with E-state index in [1.807, 2.05) is 0 Å². The van der Waals surface area contributed by atoms with Gasteiger partial charge < -0.3 is 5.32 Å². The fourth-order valence-electron chi connectivity index (χ4n) is 2.14. The highest BCUT2D eigenvalue weighted by Gasteiger charge is 2.11. The van der Waals surface area contributed by atoms with E-state index >= 15 is 0 Å². The Morgan fingerprint density at radius 3 is 2.72 bits per heavy atom. The van der Waals surface area contributed by atoms with Crippen LogP contribution in [0.2, 0.25) is 0 Å². The lowest BCUT2D eigenvalue weighted by molar-refractivity contribution is -0.384. The smallest absolute Gasteiger partial charge is 0.270 e. The molecule has 0 aliphatic heterocycles. The van der Waals surface area contributed by atoms with Crippen molar-refractivity contribution in [1.29, 1.82) is 0 Å². The molecular weight excluding hydrogens is 329 g/mol. The summed E-state index contributed by atoms with van der Waals surface area (Å²) in [6.07, 6.45) is 1.36. The molecule has 2 aromatic carbocycles. The predicted octanol–water partition coefficient (Wildman–Crippen LogP) is 2.63. The minimum absolute atomic E-state index is 0.0668. The van der Waals surface area contributed by atoms with Crippen LogP contribution in [-0.4, -0.2) is 25.6 Å². The first-order valence-corrected chi connectivity index (χ1v) is 7.21. The third-order valence-electron chi connectivity index (χ3n) is 3.29. The standard InChI is InChI=1S/C16H12FN5O3/c17-12-4-6-13(7-5-12)19-15(23)9-21-10-18-16(20-21)11-2-1-3-14(8-11)22(24)25/h1-8,10H,9H2,(H,19,23). The van der Waals surface area contributed by atoms with E-state index in [1.165, 1.54) is 53.5 Å². The number of aromatic nitrogens is 3. The molecule has 0 saturated carbocycles. The number of anilines is 1. The summed E-state index contributed by atoms with van der Waals surface area (Å²) in [7, 11) is 0. The SMILES string of the molecule is O=C(Cn1cnc(-c2cccc([N+](=O)[O-])c2)n1)Nc1ccc(F)cc1. The number of nitrogens with zero attached hydrogens (tertiary/aromatic N) is 4. The van der Waals surface area contributed by atoms with E-state index in [0.29, 0.717) is 11.3 Å². The van der Waals surface area contributed by atoms with E-state index in [9.17, 15) is 19.3 Å². The van der Waals surface area contributed by atoms with Crippen molar-refractivity contribution in [3.8, 4) is 11.4 Å². The summed E-state index contributed by atoms with van der Waals surface area (Å²) >= 11 is 0. The molecule has 25 heavy (non-hydrogen) atoms. The Balaban J connectivity index is 1.69. The molecule has 0 saturated heterocycles. The van der Waals surface area contributed by atoms with Crippen LogP contribution in [0.3, 0.4) is 0 Å². The van der Waals surface area contributed by atoms with Crippen LogP contribution in [0.15, 0.2) is 54.9 Å². The second-order valence-corrected chi connectivity index (χ2v) is 5.13. The first-order chi connectivity index (χ1) is 12.0. The van der Waals surface area contributed by atoms with Gasteiger partial charge in [-0.25, -0.2) is 14.1 Å². The molecule has 1 heterocycles. The zero-order valence-electron chi connectivity index (χ0n) is 12.8. The fourth-order valence-corrected chi connectivity index (χ4v) is 2.14. The Bertz CT molecular complexity index is 924. The summed E-state index contributed by atoms with van der Waals surface area (Å²) in [4.78, 5) is 26.3. The van der Waals surface area contributed by atoms with Crippen molar-refractivity contribution < 1.29 is 14.1 Å². The summed E-state index contributed by atoms with van der Waals surface area (Å²) in [6, 6.07) is 11.3. The van der Waals surface area contributed by atoms with Gasteiger partial charge in [-0.3, -0.25) is 14.9 Å². The van der Waals surface area contributed by atoms with Gasteiger partial charge in [0, 0.05) is 23.4 Å². The van der Waals surface area contributed by atoms with Gasteiger partial charge in [-0.15, -0.1) is 0 Å². The Kier molecular flexibility index (Phi) is 4.46. The van der Waals surface area contributed by atoms with Crippen LogP contribution < -0.4 is 5.32 Å². The lowest BCUT2D eigenvalue weighted by atomic mass is 10.2. The summed E-state index contributed by atoms with van der Waals surface area (Å²) in [6.45, 7) is -0.0979. The summed E-state index contributed by atoms with van der Waals surface area (Å²) in [5, 5.41) is 17.6. The molecule has 1 amide bonds. The fraction of sp³-hybridized carbons (Fsp3) is 0.0625. The number of non-ortho nitro benzene ring substituents is 1. The molecule has 8 nitrogen and oxygen atoms in total. The lowest BCUT2D eigenvalue weighted by Gasteiger charge is -2.04. The normalized spacial score (nSPS) is 10.4. The van der Waals surface area contributed by atoms with Gasteiger partial charge in [0.1, 0.15) is 18.7 Å². The molecule has 126 valence electrons. The number of rotatable bonds is 5. The predicted molar refractivity (Wildman–Crippen MR) is 87.1 cm³/mol. The van der Waals surface area contributed by atoms with Crippen molar-refractivity contribution >= 4 is 17.3 Å². The van der Waals surface area contributed by atoms with Crippen LogP contribution in [-0.2, 0) is 11.3 Å². The van der Waals surface area contributed by atoms with E-state index in [2.05, 4.69) is 15.4 Å². The van der Waals surface area contributed by atoms with E-state index in [1.54, 1.807) is 6.07 Å². The molecule has 3 rings (SSSR count). The lowest BCUT2D eigenvalue weighted by Crippen LogP contribution is -2.19. The number of nitrogens with one attached hydrogen (secondary N) is 1. The van der Waals surface area contributed by atoms with Crippen LogP contribution in [0.1, 0.15) is 0 Å². The van der Waals surface area contributed by atoms with Crippen molar-refractivity contribution in [2.45, 2.75) is 6.54 Å². The Morgan fingerprint density at radius 1 is 1.24 bits per heavy atom. The number of nitro benzene ring substituents is 1. The summed E-state index contributed by atoms with van der Waals surface area (Å²) < 4.78 is 14.1. The highest BCUT2D eigenvalue weighted by atomic mass is 19.1. The van der Waals surface area contributed by atoms with Crippen molar-refractivity contribution in [3.63, 3.8) is 0 Å². The summed E-state index contributed by atoms with van der Waals surface area (Å²) in [5.41, 5.74) is 0.875. The molecule has 1 aromatic heterocycles. The van der Waals surface area contributed by atoms with E-state index < -0.39 is 10.7 Å². The van der Waals surface area contributed by atoms with Gasteiger partial charge in [-0.05, 0) is 24.3 Å². The van der Waals surface area contributed by atoms with Gasteiger partial charge >= 0.3 is 0 Å². The number of nitro groups is 1. The molecule has 0 radical (unpaired) electrons. The molecule has 0 atom stereocenters. The molecule has 0 spiro atoms. The van der Waals surface area contributed by atoms with Crippen LogP contribution >= 0.6 is 0 Å². The van der Waals surface area contributed by atoms with Crippen LogP contribution in [0.25, 0.3) is 11.4 Å². The third-order valence-corrected chi connectivity index (χ3v) is 3.29. The number of hydrogen-bond acceptors (Lipinski definition) is 5. The van der Waals surface area contributed by atoms with E-state index in [0.717, 1.165) is 0 Å². The second kappa shape index (κ2) is 6.87. The molecule has 0 aliphatic carbocycles. The molecule has 0 unspecified atom stereocenters. The number of halogens is 1. The number of carbonyl (C=O) groups is 1. The topological polar surface area (TPSA) is 103 Å². The maximum absolute atomic E-state index is 12.8. The first kappa shape index (κ1) is 16.2. The minimum atomic E-state index is -0.503.